The summed E-state index contributed by atoms with van der Waals surface area (Å²) in [5, 5.41) is 0.121. The van der Waals surface area contributed by atoms with Gasteiger partial charge < -0.3 is 9.16 Å². The molecule has 2 rings (SSSR count). The molecule has 1 heterocycles. The maximum atomic E-state index is 11.6. The van der Waals surface area contributed by atoms with Crippen LogP contribution in [0.15, 0.2) is 42.5 Å². The van der Waals surface area contributed by atoms with E-state index in [1.54, 1.807) is 0 Å². The zero-order valence-corrected chi connectivity index (χ0v) is 15.8. The Labute approximate surface area is 140 Å². The zero-order chi connectivity index (χ0) is 17.1. The highest BCUT2D eigenvalue weighted by molar-refractivity contribution is 6.74. The highest BCUT2D eigenvalue weighted by Gasteiger charge is 2.41. The molecule has 3 nitrogen and oxygen atoms in total. The average molecular weight is 333 g/mol. The van der Waals surface area contributed by atoms with Crippen molar-refractivity contribution in [1.29, 1.82) is 0 Å². The van der Waals surface area contributed by atoms with Crippen molar-refractivity contribution in [3.05, 3.63) is 48.0 Å². The van der Waals surface area contributed by atoms with Gasteiger partial charge in [0.2, 0.25) is 0 Å². The van der Waals surface area contributed by atoms with E-state index in [9.17, 15) is 4.79 Å². The van der Waals surface area contributed by atoms with Crippen molar-refractivity contribution in [2.24, 2.45) is 0 Å². The number of hydrogen-bond acceptors (Lipinski definition) is 3. The molecular formula is C19H28O3Si. The molecule has 0 fully saturated rings. The first kappa shape index (κ1) is 18.0. The van der Waals surface area contributed by atoms with Gasteiger partial charge in [0.25, 0.3) is 0 Å². The maximum absolute atomic E-state index is 11.6. The van der Waals surface area contributed by atoms with Gasteiger partial charge in [0.1, 0.15) is 6.10 Å². The van der Waals surface area contributed by atoms with Crippen LogP contribution in [0.5, 0.6) is 0 Å². The minimum Gasteiger partial charge on any atom is -0.456 e. The third kappa shape index (κ3) is 4.79. The van der Waals surface area contributed by atoms with Gasteiger partial charge in [0, 0.05) is 18.9 Å². The third-order valence-corrected chi connectivity index (χ3v) is 9.34. The molecule has 1 aliphatic rings. The lowest BCUT2D eigenvalue weighted by Gasteiger charge is -2.41. The SMILES string of the molecule is CC(C)(C)[Si](C)(C)O[C@H](Cc1ccccc1)[C@H]1CC=CC(=O)O1. The van der Waals surface area contributed by atoms with Gasteiger partial charge in [-0.25, -0.2) is 4.79 Å². The maximum Gasteiger partial charge on any atom is 0.330 e. The quantitative estimate of drug-likeness (QED) is 0.588. The van der Waals surface area contributed by atoms with Crippen LogP contribution in [0.2, 0.25) is 18.1 Å². The summed E-state index contributed by atoms with van der Waals surface area (Å²) in [5.74, 6) is -0.266. The van der Waals surface area contributed by atoms with Crippen molar-refractivity contribution >= 4 is 14.3 Å². The third-order valence-electron chi connectivity index (χ3n) is 4.84. The number of esters is 1. The van der Waals surface area contributed by atoms with E-state index in [-0.39, 0.29) is 23.2 Å². The average Bonchev–Trinajstić information content (AvgIpc) is 2.46. The topological polar surface area (TPSA) is 35.5 Å². The van der Waals surface area contributed by atoms with Gasteiger partial charge in [-0.05, 0) is 23.7 Å². The fraction of sp³-hybridized carbons (Fsp3) is 0.526. The summed E-state index contributed by atoms with van der Waals surface area (Å²) in [5.41, 5.74) is 1.21. The molecule has 23 heavy (non-hydrogen) atoms. The van der Waals surface area contributed by atoms with Crippen LogP contribution in [0, 0.1) is 0 Å². The van der Waals surface area contributed by atoms with E-state index in [4.69, 9.17) is 9.16 Å². The molecule has 1 aliphatic heterocycles. The van der Waals surface area contributed by atoms with Crippen molar-refractivity contribution in [3.8, 4) is 0 Å². The molecule has 0 saturated carbocycles. The van der Waals surface area contributed by atoms with Gasteiger partial charge in [-0.3, -0.25) is 0 Å². The summed E-state index contributed by atoms with van der Waals surface area (Å²) in [6, 6.07) is 10.3. The summed E-state index contributed by atoms with van der Waals surface area (Å²) in [6.45, 7) is 11.2. The Bertz CT molecular complexity index is 558. The molecule has 0 aromatic heterocycles. The minimum absolute atomic E-state index is 0.104. The zero-order valence-electron chi connectivity index (χ0n) is 14.8. The molecular weight excluding hydrogens is 304 g/mol. The van der Waals surface area contributed by atoms with Crippen LogP contribution in [0.1, 0.15) is 32.8 Å². The number of benzene rings is 1. The smallest absolute Gasteiger partial charge is 0.330 e. The van der Waals surface area contributed by atoms with Crippen LogP contribution in [0.25, 0.3) is 0 Å². The molecule has 126 valence electrons. The fourth-order valence-corrected chi connectivity index (χ4v) is 3.76. The van der Waals surface area contributed by atoms with Crippen molar-refractivity contribution in [3.63, 3.8) is 0 Å². The van der Waals surface area contributed by atoms with Crippen LogP contribution >= 0.6 is 0 Å². The first-order chi connectivity index (χ1) is 10.7. The summed E-state index contributed by atoms with van der Waals surface area (Å²) >= 11 is 0. The first-order valence-corrected chi connectivity index (χ1v) is 11.2. The molecule has 0 N–H and O–H groups in total. The van der Waals surface area contributed by atoms with Gasteiger partial charge in [-0.15, -0.1) is 0 Å². The fourth-order valence-electron chi connectivity index (χ4n) is 2.41. The van der Waals surface area contributed by atoms with E-state index in [0.29, 0.717) is 0 Å². The Morgan fingerprint density at radius 1 is 1.26 bits per heavy atom. The van der Waals surface area contributed by atoms with Crippen molar-refractivity contribution in [1.82, 2.24) is 0 Å². The molecule has 0 saturated heterocycles. The lowest BCUT2D eigenvalue weighted by molar-refractivity contribution is -0.149. The Morgan fingerprint density at radius 2 is 1.91 bits per heavy atom. The standard InChI is InChI=1S/C19H28O3Si/c1-19(2,3)23(4,5)22-17(14-15-10-7-6-8-11-15)16-12-9-13-18(20)21-16/h6-11,13,16-17H,12,14H2,1-5H3/t16-,17-/m1/s1. The molecule has 0 unspecified atom stereocenters. The number of hydrogen-bond donors (Lipinski definition) is 0. The molecule has 0 amide bonds. The van der Waals surface area contributed by atoms with E-state index in [1.165, 1.54) is 11.6 Å². The number of cyclic esters (lactones) is 1. The van der Waals surface area contributed by atoms with E-state index in [1.807, 2.05) is 24.3 Å². The van der Waals surface area contributed by atoms with Crippen molar-refractivity contribution in [2.75, 3.05) is 0 Å². The Morgan fingerprint density at radius 3 is 2.48 bits per heavy atom. The van der Waals surface area contributed by atoms with Gasteiger partial charge in [-0.2, -0.15) is 0 Å². The molecule has 1 aromatic carbocycles. The second kappa shape index (κ2) is 7.01. The predicted octanol–water partition coefficient (Wildman–Crippen LogP) is 4.49. The second-order valence-corrected chi connectivity index (χ2v) is 12.5. The monoisotopic (exact) mass is 332 g/mol. The van der Waals surface area contributed by atoms with E-state index < -0.39 is 8.32 Å². The molecule has 2 atom stereocenters. The molecule has 1 aromatic rings. The van der Waals surface area contributed by atoms with Crippen LogP contribution in [-0.4, -0.2) is 26.5 Å². The van der Waals surface area contributed by atoms with E-state index >= 15 is 0 Å². The van der Waals surface area contributed by atoms with Crippen LogP contribution < -0.4 is 0 Å². The largest absolute Gasteiger partial charge is 0.456 e. The number of carbonyl (C=O) groups is 1. The number of carbonyl (C=O) groups excluding carboxylic acids is 1. The van der Waals surface area contributed by atoms with Gasteiger partial charge in [-0.1, -0.05) is 57.2 Å². The van der Waals surface area contributed by atoms with Crippen LogP contribution in [0.4, 0.5) is 0 Å². The van der Waals surface area contributed by atoms with Gasteiger partial charge in [0.15, 0.2) is 8.32 Å². The van der Waals surface area contributed by atoms with Gasteiger partial charge in [0.05, 0.1) is 6.10 Å². The van der Waals surface area contributed by atoms with Crippen LogP contribution in [-0.2, 0) is 20.4 Å². The van der Waals surface area contributed by atoms with Crippen molar-refractivity contribution < 1.29 is 14.0 Å². The molecule has 0 bridgehead atoms. The minimum atomic E-state index is -1.94. The number of ether oxygens (including phenoxy) is 1. The lowest BCUT2D eigenvalue weighted by Crippen LogP contribution is -2.49. The lowest BCUT2D eigenvalue weighted by atomic mass is 10.0. The molecule has 0 radical (unpaired) electrons. The molecule has 0 spiro atoms. The first-order valence-electron chi connectivity index (χ1n) is 8.28. The highest BCUT2D eigenvalue weighted by Crippen LogP contribution is 2.38. The summed E-state index contributed by atoms with van der Waals surface area (Å²) in [6.07, 6.45) is 4.57. The van der Waals surface area contributed by atoms with Gasteiger partial charge >= 0.3 is 5.97 Å². The molecule has 4 heteroatoms. The second-order valence-electron chi connectivity index (χ2n) is 7.72. The highest BCUT2D eigenvalue weighted by atomic mass is 28.4. The van der Waals surface area contributed by atoms with E-state index in [0.717, 1.165) is 12.8 Å². The summed E-state index contributed by atoms with van der Waals surface area (Å²) < 4.78 is 12.2. The Hall–Kier alpha value is -1.39. The van der Waals surface area contributed by atoms with E-state index in [2.05, 4.69) is 46.0 Å². The van der Waals surface area contributed by atoms with Crippen LogP contribution in [0.3, 0.4) is 0 Å². The Kier molecular flexibility index (Phi) is 5.47. The summed E-state index contributed by atoms with van der Waals surface area (Å²) in [4.78, 5) is 11.6. The normalized spacial score (nSPS) is 20.2. The molecule has 0 aliphatic carbocycles. The van der Waals surface area contributed by atoms with Crippen molar-refractivity contribution in [2.45, 2.75) is 64.0 Å². The Balaban J connectivity index is 2.21. The number of rotatable bonds is 5. The summed E-state index contributed by atoms with van der Waals surface area (Å²) in [7, 11) is -1.94. The predicted molar refractivity (Wildman–Crippen MR) is 95.9 cm³/mol.